The normalized spacial score (nSPS) is 15.6. The zero-order chi connectivity index (χ0) is 21.3. The number of benzene rings is 2. The highest BCUT2D eigenvalue weighted by Gasteiger charge is 2.38. The van der Waals surface area contributed by atoms with Crippen LogP contribution in [0, 0.1) is 5.92 Å². The van der Waals surface area contributed by atoms with Crippen LogP contribution < -0.4 is 10.9 Å². The van der Waals surface area contributed by atoms with E-state index in [2.05, 4.69) is 60.3 Å². The van der Waals surface area contributed by atoms with Gasteiger partial charge in [-0.25, -0.2) is 4.98 Å². The van der Waals surface area contributed by atoms with Crippen LogP contribution in [0.5, 0.6) is 0 Å². The summed E-state index contributed by atoms with van der Waals surface area (Å²) < 4.78 is 0. The van der Waals surface area contributed by atoms with Crippen molar-refractivity contribution in [2.24, 2.45) is 5.92 Å². The maximum Gasteiger partial charge on any atom is 0.270 e. The topological polar surface area (TPSA) is 74.8 Å². The predicted octanol–water partition coefficient (Wildman–Crippen LogP) is 4.62. The first kappa shape index (κ1) is 20.1. The van der Waals surface area contributed by atoms with Crippen LogP contribution in [0.3, 0.4) is 0 Å². The van der Waals surface area contributed by atoms with Crippen molar-refractivity contribution < 1.29 is 4.79 Å². The zero-order valence-electron chi connectivity index (χ0n) is 17.6. The van der Waals surface area contributed by atoms with E-state index in [9.17, 15) is 9.59 Å². The highest BCUT2D eigenvalue weighted by molar-refractivity contribution is 5.92. The van der Waals surface area contributed by atoms with Gasteiger partial charge in [0, 0.05) is 11.6 Å². The van der Waals surface area contributed by atoms with Gasteiger partial charge in [-0.15, -0.1) is 0 Å². The van der Waals surface area contributed by atoms with E-state index in [4.69, 9.17) is 0 Å². The fourth-order valence-electron chi connectivity index (χ4n) is 3.73. The Hall–Kier alpha value is -3.21. The summed E-state index contributed by atoms with van der Waals surface area (Å²) in [5.74, 6) is 0.221. The fourth-order valence-corrected chi connectivity index (χ4v) is 3.73. The number of hydrogen-bond acceptors (Lipinski definition) is 3. The Balaban J connectivity index is 1.58. The highest BCUT2D eigenvalue weighted by Crippen LogP contribution is 2.47. The first-order chi connectivity index (χ1) is 14.4. The van der Waals surface area contributed by atoms with Crippen molar-refractivity contribution >= 4 is 5.91 Å². The van der Waals surface area contributed by atoms with E-state index in [1.54, 1.807) is 0 Å². The van der Waals surface area contributed by atoms with Crippen LogP contribution in [-0.2, 0) is 5.41 Å². The average Bonchev–Trinajstić information content (AvgIpc) is 3.50. The molecule has 3 aromatic rings. The summed E-state index contributed by atoms with van der Waals surface area (Å²) in [5.41, 5.74) is 3.25. The van der Waals surface area contributed by atoms with Gasteiger partial charge in [-0.2, -0.15) is 0 Å². The third-order valence-corrected chi connectivity index (χ3v) is 5.94. The number of carbonyl (C=O) groups excluding carboxylic acids is 1. The van der Waals surface area contributed by atoms with E-state index in [0.717, 1.165) is 11.1 Å². The summed E-state index contributed by atoms with van der Waals surface area (Å²) in [6, 6.07) is 18.9. The lowest BCUT2D eigenvalue weighted by Gasteiger charge is -2.23. The third-order valence-electron chi connectivity index (χ3n) is 5.94. The van der Waals surface area contributed by atoms with Crippen LogP contribution >= 0.6 is 0 Å². The van der Waals surface area contributed by atoms with Crippen molar-refractivity contribution in [1.29, 1.82) is 0 Å². The Kier molecular flexibility index (Phi) is 5.29. The molecule has 1 heterocycles. The van der Waals surface area contributed by atoms with E-state index in [1.807, 2.05) is 30.3 Å². The summed E-state index contributed by atoms with van der Waals surface area (Å²) in [6.45, 7) is 6.43. The minimum Gasteiger partial charge on any atom is -0.344 e. The summed E-state index contributed by atoms with van der Waals surface area (Å²) in [6.07, 6.45) is 2.46. The van der Waals surface area contributed by atoms with Gasteiger partial charge in [0.15, 0.2) is 0 Å². The van der Waals surface area contributed by atoms with E-state index in [0.29, 0.717) is 11.2 Å². The fraction of sp³-hybridized carbons (Fsp3) is 0.320. The van der Waals surface area contributed by atoms with Gasteiger partial charge in [-0.05, 0) is 35.3 Å². The Labute approximate surface area is 176 Å². The number of aromatic amines is 1. The van der Waals surface area contributed by atoms with E-state index < -0.39 is 0 Å². The highest BCUT2D eigenvalue weighted by atomic mass is 16.2. The first-order valence-corrected chi connectivity index (χ1v) is 10.4. The number of carbonyl (C=O) groups is 1. The molecule has 0 radical (unpaired) electrons. The van der Waals surface area contributed by atoms with Gasteiger partial charge in [0.05, 0.1) is 6.04 Å². The molecule has 0 spiro atoms. The average molecular weight is 402 g/mol. The molecule has 1 saturated carbocycles. The van der Waals surface area contributed by atoms with Crippen molar-refractivity contribution in [3.8, 4) is 11.4 Å². The molecule has 1 aliphatic carbocycles. The van der Waals surface area contributed by atoms with Crippen LogP contribution in [0.4, 0.5) is 0 Å². The molecule has 2 aromatic carbocycles. The van der Waals surface area contributed by atoms with Crippen molar-refractivity contribution in [2.75, 3.05) is 0 Å². The standard InChI is InChI=1S/C25H27N3O2/c1-16(2)22(17-9-11-19(12-10-17)25(3)13-14-25)28-24(30)20-15-21(29)27-23(26-20)18-7-5-4-6-8-18/h4-12,15-16,22H,13-14H2,1-3H3,(H,28,30)(H,26,27,29)/t22-/m1/s1. The molecule has 1 amide bonds. The molecule has 5 heteroatoms. The van der Waals surface area contributed by atoms with Gasteiger partial charge >= 0.3 is 0 Å². The Morgan fingerprint density at radius 1 is 1.07 bits per heavy atom. The summed E-state index contributed by atoms with van der Waals surface area (Å²) in [7, 11) is 0. The molecule has 2 N–H and O–H groups in total. The maximum atomic E-state index is 13.0. The minimum atomic E-state index is -0.352. The van der Waals surface area contributed by atoms with Gasteiger partial charge in [0.1, 0.15) is 11.5 Å². The predicted molar refractivity (Wildman–Crippen MR) is 118 cm³/mol. The molecule has 154 valence electrons. The summed E-state index contributed by atoms with van der Waals surface area (Å²) in [5, 5.41) is 3.07. The molecule has 1 aliphatic rings. The molecule has 0 saturated heterocycles. The smallest absolute Gasteiger partial charge is 0.270 e. The molecule has 5 nitrogen and oxygen atoms in total. The Bertz CT molecular complexity index is 1100. The third kappa shape index (κ3) is 4.20. The number of nitrogens with zero attached hydrogens (tertiary/aromatic N) is 1. The number of nitrogens with one attached hydrogen (secondary N) is 2. The Morgan fingerprint density at radius 3 is 2.33 bits per heavy atom. The van der Waals surface area contributed by atoms with Crippen LogP contribution in [-0.4, -0.2) is 15.9 Å². The monoisotopic (exact) mass is 401 g/mol. The van der Waals surface area contributed by atoms with E-state index in [1.165, 1.54) is 24.5 Å². The van der Waals surface area contributed by atoms with Crippen LogP contribution in [0.2, 0.25) is 0 Å². The SMILES string of the molecule is CC(C)[C@@H](NC(=O)c1cc(=O)[nH]c(-c2ccccc2)n1)c1ccc(C2(C)CC2)cc1. The second-order valence-corrected chi connectivity index (χ2v) is 8.72. The second kappa shape index (κ2) is 7.90. The number of hydrogen-bond donors (Lipinski definition) is 2. The number of H-pyrrole nitrogens is 1. The van der Waals surface area contributed by atoms with Crippen LogP contribution in [0.15, 0.2) is 65.5 Å². The molecule has 0 unspecified atom stereocenters. The van der Waals surface area contributed by atoms with Crippen molar-refractivity contribution in [3.05, 3.63) is 87.8 Å². The Morgan fingerprint density at radius 2 is 1.73 bits per heavy atom. The minimum absolute atomic E-state index is 0.116. The second-order valence-electron chi connectivity index (χ2n) is 8.72. The summed E-state index contributed by atoms with van der Waals surface area (Å²) >= 11 is 0. The first-order valence-electron chi connectivity index (χ1n) is 10.4. The van der Waals surface area contributed by atoms with Gasteiger partial charge in [0.25, 0.3) is 11.5 Å². The van der Waals surface area contributed by atoms with Crippen molar-refractivity contribution in [1.82, 2.24) is 15.3 Å². The molecule has 1 atom stereocenters. The molecule has 0 aliphatic heterocycles. The van der Waals surface area contributed by atoms with Gasteiger partial charge in [-0.1, -0.05) is 75.4 Å². The molecular weight excluding hydrogens is 374 g/mol. The van der Waals surface area contributed by atoms with Gasteiger partial charge < -0.3 is 10.3 Å². The van der Waals surface area contributed by atoms with Crippen LogP contribution in [0.1, 0.15) is 61.3 Å². The number of aromatic nitrogens is 2. The molecular formula is C25H27N3O2. The molecule has 0 bridgehead atoms. The lowest BCUT2D eigenvalue weighted by molar-refractivity contribution is 0.0920. The quantitative estimate of drug-likeness (QED) is 0.633. The number of amides is 1. The molecule has 4 rings (SSSR count). The summed E-state index contributed by atoms with van der Waals surface area (Å²) in [4.78, 5) is 32.2. The van der Waals surface area contributed by atoms with E-state index >= 15 is 0 Å². The molecule has 1 aromatic heterocycles. The van der Waals surface area contributed by atoms with Crippen LogP contribution in [0.25, 0.3) is 11.4 Å². The van der Waals surface area contributed by atoms with Gasteiger partial charge in [0.2, 0.25) is 0 Å². The maximum absolute atomic E-state index is 13.0. The van der Waals surface area contributed by atoms with Crippen molar-refractivity contribution in [2.45, 2.75) is 45.1 Å². The lowest BCUT2D eigenvalue weighted by atomic mass is 9.92. The number of rotatable bonds is 6. The molecule has 30 heavy (non-hydrogen) atoms. The molecule has 1 fully saturated rings. The zero-order valence-corrected chi connectivity index (χ0v) is 17.6. The van der Waals surface area contributed by atoms with E-state index in [-0.39, 0.29) is 29.1 Å². The van der Waals surface area contributed by atoms with Gasteiger partial charge in [-0.3, -0.25) is 9.59 Å². The largest absolute Gasteiger partial charge is 0.344 e. The van der Waals surface area contributed by atoms with Crippen molar-refractivity contribution in [3.63, 3.8) is 0 Å². The lowest BCUT2D eigenvalue weighted by Crippen LogP contribution is -2.33.